The van der Waals surface area contributed by atoms with E-state index in [1.165, 1.54) is 24.5 Å². The Labute approximate surface area is 218 Å². The molecule has 0 spiro atoms. The number of hydrogen-bond acceptors (Lipinski definition) is 8. The summed E-state index contributed by atoms with van der Waals surface area (Å²) in [6, 6.07) is 10.7. The third kappa shape index (κ3) is 7.70. The van der Waals surface area contributed by atoms with Gasteiger partial charge in [-0.3, -0.25) is 20.1 Å². The van der Waals surface area contributed by atoms with Crippen molar-refractivity contribution in [2.45, 2.75) is 19.3 Å². The molecule has 3 aromatic rings. The van der Waals surface area contributed by atoms with Crippen molar-refractivity contribution in [3.8, 4) is 11.1 Å². The Balaban J connectivity index is 0.000000219. The molecule has 0 aromatic carbocycles. The summed E-state index contributed by atoms with van der Waals surface area (Å²) >= 11 is 0. The lowest BCUT2D eigenvalue weighted by Gasteiger charge is -2.30. The predicted molar refractivity (Wildman–Crippen MR) is 133 cm³/mol. The third-order valence-corrected chi connectivity index (χ3v) is 5.83. The first kappa shape index (κ1) is 27.4. The molecule has 1 N–H and O–H groups in total. The quantitative estimate of drug-likeness (QED) is 0.509. The second-order valence-electron chi connectivity index (χ2n) is 8.50. The van der Waals surface area contributed by atoms with Crippen LogP contribution in [-0.4, -0.2) is 73.3 Å². The Morgan fingerprint density at radius 1 is 1.03 bits per heavy atom. The summed E-state index contributed by atoms with van der Waals surface area (Å²) in [5.74, 6) is -0.219. The number of pyridine rings is 3. The fourth-order valence-corrected chi connectivity index (χ4v) is 3.96. The summed E-state index contributed by atoms with van der Waals surface area (Å²) < 4.78 is 51.9. The third-order valence-electron chi connectivity index (χ3n) is 5.83. The molecule has 1 amide bonds. The van der Waals surface area contributed by atoms with E-state index in [4.69, 9.17) is 19.2 Å². The Kier molecular flexibility index (Phi) is 9.21. The van der Waals surface area contributed by atoms with E-state index < -0.39 is 12.2 Å². The second kappa shape index (κ2) is 12.8. The molecule has 2 aliphatic heterocycles. The molecule has 1 unspecified atom stereocenters. The molecule has 0 bridgehead atoms. The van der Waals surface area contributed by atoms with Gasteiger partial charge in [0.2, 0.25) is 0 Å². The minimum Gasteiger partial charge on any atom is -0.378 e. The van der Waals surface area contributed by atoms with E-state index in [9.17, 15) is 18.0 Å². The summed E-state index contributed by atoms with van der Waals surface area (Å²) in [4.78, 5) is 25.9. The Morgan fingerprint density at radius 2 is 1.79 bits per heavy atom. The van der Waals surface area contributed by atoms with Crippen molar-refractivity contribution >= 4 is 11.7 Å². The van der Waals surface area contributed by atoms with Gasteiger partial charge in [-0.2, -0.15) is 13.2 Å². The number of nitrogens with one attached hydrogen (secondary N) is 1. The molecular weight excluding hydrogens is 503 g/mol. The lowest BCUT2D eigenvalue weighted by atomic mass is 10.0. The maximum atomic E-state index is 11.6. The van der Waals surface area contributed by atoms with E-state index in [2.05, 4.69) is 33.1 Å². The number of carbonyl (C=O) groups is 1. The lowest BCUT2D eigenvalue weighted by molar-refractivity contribution is -0.146. The van der Waals surface area contributed by atoms with Gasteiger partial charge in [-0.05, 0) is 42.8 Å². The highest BCUT2D eigenvalue weighted by Gasteiger charge is 2.30. The van der Waals surface area contributed by atoms with Crippen molar-refractivity contribution in [2.24, 2.45) is 0 Å². The number of rotatable bonds is 4. The number of hydrogen-bond donors (Lipinski definition) is 1. The van der Waals surface area contributed by atoms with Crippen LogP contribution in [0, 0.1) is 6.92 Å². The van der Waals surface area contributed by atoms with E-state index in [0.717, 1.165) is 60.0 Å². The number of nitrogens with zero attached hydrogens (tertiary/aromatic N) is 4. The normalized spacial score (nSPS) is 17.8. The molecule has 0 saturated carbocycles. The average Bonchev–Trinajstić information content (AvgIpc) is 2.94. The number of aryl methyl sites for hydroxylation is 1. The van der Waals surface area contributed by atoms with Gasteiger partial charge >= 0.3 is 6.30 Å². The second-order valence-corrected chi connectivity index (χ2v) is 8.50. The van der Waals surface area contributed by atoms with E-state index in [-0.39, 0.29) is 11.7 Å². The van der Waals surface area contributed by atoms with Crippen LogP contribution in [0.3, 0.4) is 0 Å². The van der Waals surface area contributed by atoms with Gasteiger partial charge in [-0.15, -0.1) is 0 Å². The van der Waals surface area contributed by atoms with Crippen molar-refractivity contribution < 1.29 is 32.2 Å². The van der Waals surface area contributed by atoms with Crippen molar-refractivity contribution in [1.29, 1.82) is 0 Å². The van der Waals surface area contributed by atoms with Crippen molar-refractivity contribution in [3.63, 3.8) is 0 Å². The first-order chi connectivity index (χ1) is 18.3. The zero-order valence-corrected chi connectivity index (χ0v) is 20.8. The molecule has 2 saturated heterocycles. The van der Waals surface area contributed by atoms with Crippen LogP contribution in [-0.2, 0) is 14.2 Å². The zero-order chi connectivity index (χ0) is 27.0. The van der Waals surface area contributed by atoms with Crippen LogP contribution in [0.5, 0.6) is 0 Å². The number of amides is 1. The van der Waals surface area contributed by atoms with Gasteiger partial charge < -0.3 is 19.1 Å². The fourth-order valence-electron chi connectivity index (χ4n) is 3.96. The van der Waals surface area contributed by atoms with Crippen LogP contribution < -0.4 is 10.2 Å². The van der Waals surface area contributed by atoms with Gasteiger partial charge in [-0.25, -0.2) is 4.98 Å². The monoisotopic (exact) mass is 531 g/mol. The van der Waals surface area contributed by atoms with Crippen LogP contribution in [0.2, 0.25) is 0 Å². The molecule has 2 fully saturated rings. The maximum absolute atomic E-state index is 11.6. The molecule has 12 heteroatoms. The highest BCUT2D eigenvalue weighted by molar-refractivity contribution is 5.94. The predicted octanol–water partition coefficient (Wildman–Crippen LogP) is 3.71. The number of halogens is 3. The van der Waals surface area contributed by atoms with Gasteiger partial charge in [-0.1, -0.05) is 6.07 Å². The molecule has 38 heavy (non-hydrogen) atoms. The van der Waals surface area contributed by atoms with Gasteiger partial charge in [0.25, 0.3) is 5.91 Å². The first-order valence-corrected chi connectivity index (χ1v) is 12.1. The highest BCUT2D eigenvalue weighted by Crippen LogP contribution is 2.30. The van der Waals surface area contributed by atoms with Crippen LogP contribution in [0.4, 0.5) is 19.0 Å². The fraction of sp³-hybridized carbons (Fsp3) is 0.385. The Hall–Kier alpha value is -3.61. The van der Waals surface area contributed by atoms with Crippen molar-refractivity contribution in [1.82, 2.24) is 20.3 Å². The minimum atomic E-state index is -4.69. The number of alkyl halides is 3. The van der Waals surface area contributed by atoms with Crippen LogP contribution in [0.15, 0.2) is 55.0 Å². The highest BCUT2D eigenvalue weighted by atomic mass is 19.4. The minimum absolute atomic E-state index is 0.0766. The summed E-state index contributed by atoms with van der Waals surface area (Å²) in [6.07, 6.45) is -0.510. The summed E-state index contributed by atoms with van der Waals surface area (Å²) in [6.45, 7) is 7.00. The van der Waals surface area contributed by atoms with E-state index in [0.29, 0.717) is 19.8 Å². The number of carbonyl (C=O) groups excluding carboxylic acids is 1. The number of ether oxygens (including phenoxy) is 3. The van der Waals surface area contributed by atoms with Gasteiger partial charge in [0.1, 0.15) is 11.9 Å². The summed E-state index contributed by atoms with van der Waals surface area (Å²) in [5.41, 5.74) is 4.09. The largest absolute Gasteiger partial charge is 0.484 e. The number of anilines is 1. The van der Waals surface area contributed by atoms with E-state index in [1.807, 2.05) is 19.2 Å². The number of morpholine rings is 1. The first-order valence-electron chi connectivity index (χ1n) is 12.1. The standard InChI is InChI=1S/C19H23N3O3.C7H5F3N2O/c1-14-16(3-2-4-20-14)15-11-17(18-13-24-9-10-25-18)21-19(12-15)22-5-7-23-8-6-22;8-7(9,10)12-6(13)5-1-3-11-4-2-5/h2-4,11-12,18H,5-10,13H2,1H3;1-4H,(H,12,13). The molecule has 5 heterocycles. The molecule has 3 aromatic heterocycles. The molecule has 0 aliphatic carbocycles. The van der Waals surface area contributed by atoms with Crippen LogP contribution in [0.1, 0.15) is 27.8 Å². The molecule has 202 valence electrons. The Morgan fingerprint density at radius 3 is 2.45 bits per heavy atom. The lowest BCUT2D eigenvalue weighted by Crippen LogP contribution is -2.37. The zero-order valence-electron chi connectivity index (χ0n) is 20.8. The maximum Gasteiger partial charge on any atom is 0.484 e. The molecule has 5 rings (SSSR count). The van der Waals surface area contributed by atoms with Gasteiger partial charge in [0, 0.05) is 48.5 Å². The van der Waals surface area contributed by atoms with Gasteiger partial charge in [0.05, 0.1) is 38.7 Å². The van der Waals surface area contributed by atoms with Crippen LogP contribution >= 0.6 is 0 Å². The Bertz CT molecular complexity index is 1160. The molecule has 1 atom stereocenters. The van der Waals surface area contributed by atoms with Crippen molar-refractivity contribution in [3.05, 3.63) is 71.9 Å². The van der Waals surface area contributed by atoms with E-state index >= 15 is 0 Å². The topological polar surface area (TPSA) is 98.7 Å². The molecule has 0 radical (unpaired) electrons. The van der Waals surface area contributed by atoms with Crippen molar-refractivity contribution in [2.75, 3.05) is 51.0 Å². The number of aromatic nitrogens is 3. The van der Waals surface area contributed by atoms with E-state index in [1.54, 1.807) is 0 Å². The SMILES string of the molecule is Cc1ncccc1-c1cc(C2COCCO2)nc(N2CCOCC2)c1.O=C(NC(F)(F)F)c1ccncc1. The smallest absolute Gasteiger partial charge is 0.378 e. The van der Waals surface area contributed by atoms with Crippen LogP contribution in [0.25, 0.3) is 11.1 Å². The summed E-state index contributed by atoms with van der Waals surface area (Å²) in [7, 11) is 0. The summed E-state index contributed by atoms with van der Waals surface area (Å²) in [5, 5.41) is 0.869. The molecule has 9 nitrogen and oxygen atoms in total. The molecular formula is C26H28F3N5O4. The molecule has 2 aliphatic rings. The average molecular weight is 532 g/mol. The van der Waals surface area contributed by atoms with Gasteiger partial charge in [0.15, 0.2) is 0 Å².